The van der Waals surface area contributed by atoms with Crippen LogP contribution in [0.3, 0.4) is 0 Å². The fourth-order valence-electron chi connectivity index (χ4n) is 2.69. The summed E-state index contributed by atoms with van der Waals surface area (Å²) in [5.41, 5.74) is -0.441. The number of carbonyl (C=O) groups excluding carboxylic acids is 2. The van der Waals surface area contributed by atoms with Gasteiger partial charge in [0, 0.05) is 38.6 Å². The van der Waals surface area contributed by atoms with Crippen molar-refractivity contribution in [2.75, 3.05) is 45.9 Å². The number of hydrogen-bond acceptors (Lipinski definition) is 6. The number of esters is 1. The number of amides is 1. The molecule has 2 fully saturated rings. The smallest absolute Gasteiger partial charge is 0.410 e. The van der Waals surface area contributed by atoms with E-state index < -0.39 is 5.60 Å². The number of likely N-dealkylation sites (tertiary alicyclic amines) is 2. The normalized spacial score (nSPS) is 17.4. The third-order valence-corrected chi connectivity index (χ3v) is 3.79. The maximum Gasteiger partial charge on any atom is 0.410 e. The number of rotatable bonds is 6. The van der Waals surface area contributed by atoms with Crippen LogP contribution in [0.2, 0.25) is 0 Å². The first-order valence-electron chi connectivity index (χ1n) is 10.2. The van der Waals surface area contributed by atoms with E-state index in [1.54, 1.807) is 11.8 Å². The van der Waals surface area contributed by atoms with Gasteiger partial charge >= 0.3 is 12.1 Å². The molecule has 0 aliphatic carbocycles. The third kappa shape index (κ3) is 9.96. The Morgan fingerprint density at radius 3 is 2.04 bits per heavy atom. The lowest BCUT2D eigenvalue weighted by atomic mass is 9.98. The van der Waals surface area contributed by atoms with E-state index in [9.17, 15) is 9.59 Å². The lowest BCUT2D eigenvalue weighted by molar-refractivity contribution is -0.155. The molecule has 7 heteroatoms. The van der Waals surface area contributed by atoms with Crippen LogP contribution < -0.4 is 0 Å². The quantitative estimate of drug-likeness (QED) is 0.651. The summed E-state index contributed by atoms with van der Waals surface area (Å²) in [6.45, 7) is 19.9. The molecule has 0 aromatic carbocycles. The average Bonchev–Trinajstić information content (AvgIpc) is 2.53. The van der Waals surface area contributed by atoms with E-state index in [-0.39, 0.29) is 24.8 Å². The van der Waals surface area contributed by atoms with Gasteiger partial charge in [-0.1, -0.05) is 27.7 Å². The van der Waals surface area contributed by atoms with E-state index >= 15 is 0 Å². The molecule has 0 atom stereocenters. The number of ether oxygens (including phenoxy) is 3. The van der Waals surface area contributed by atoms with Crippen LogP contribution in [0.5, 0.6) is 0 Å². The van der Waals surface area contributed by atoms with Crippen molar-refractivity contribution in [3.05, 3.63) is 0 Å². The molecule has 2 saturated heterocycles. The highest BCUT2D eigenvalue weighted by Crippen LogP contribution is 2.23. The first kappa shape index (κ1) is 25.7. The van der Waals surface area contributed by atoms with Gasteiger partial charge in [0.1, 0.15) is 12.2 Å². The predicted octanol–water partition coefficient (Wildman–Crippen LogP) is 3.17. The topological polar surface area (TPSA) is 68.3 Å². The molecule has 27 heavy (non-hydrogen) atoms. The Bertz CT molecular complexity index is 425. The summed E-state index contributed by atoms with van der Waals surface area (Å²) in [5.74, 6) is 0.187. The van der Waals surface area contributed by atoms with Crippen molar-refractivity contribution in [3.63, 3.8) is 0 Å². The summed E-state index contributed by atoms with van der Waals surface area (Å²) in [6.07, 6.45) is -0.116. The molecule has 0 unspecified atom stereocenters. The Hall–Kier alpha value is -1.34. The Morgan fingerprint density at radius 1 is 1.00 bits per heavy atom. The minimum Gasteiger partial charge on any atom is -0.464 e. The van der Waals surface area contributed by atoms with Gasteiger partial charge < -0.3 is 19.1 Å². The standard InChI is InChI=1S/C16H28N2O5.2C2H6/c1-5-21-14(19)11-22-13-9-17(10-13)6-12-7-18(8-12)15(20)23-16(2,3)4;2*1-2/h12-13H,5-11H2,1-4H3;2*1-2H3. The first-order valence-corrected chi connectivity index (χ1v) is 10.2. The van der Waals surface area contributed by atoms with E-state index in [4.69, 9.17) is 14.2 Å². The van der Waals surface area contributed by atoms with Gasteiger partial charge in [-0.05, 0) is 27.7 Å². The minimum absolute atomic E-state index is 0.0300. The molecule has 1 amide bonds. The first-order chi connectivity index (χ1) is 12.8. The van der Waals surface area contributed by atoms with E-state index in [2.05, 4.69) is 4.90 Å². The van der Waals surface area contributed by atoms with E-state index in [0.29, 0.717) is 12.5 Å². The SMILES string of the molecule is CC.CC.CCOC(=O)COC1CN(CC2CN(C(=O)OC(C)(C)C)C2)C1. The second-order valence-electron chi connectivity index (χ2n) is 7.21. The molecule has 0 aromatic rings. The van der Waals surface area contributed by atoms with Crippen molar-refractivity contribution < 1.29 is 23.8 Å². The molecule has 0 bridgehead atoms. The lowest BCUT2D eigenvalue weighted by Gasteiger charge is -2.46. The van der Waals surface area contributed by atoms with Crippen LogP contribution in [0, 0.1) is 5.92 Å². The van der Waals surface area contributed by atoms with Crippen molar-refractivity contribution >= 4 is 12.1 Å². The highest BCUT2D eigenvalue weighted by molar-refractivity contribution is 5.70. The number of nitrogens with zero attached hydrogens (tertiary/aromatic N) is 2. The average molecular weight is 389 g/mol. The van der Waals surface area contributed by atoms with Crippen LogP contribution in [0.4, 0.5) is 4.79 Å². The summed E-state index contributed by atoms with van der Waals surface area (Å²) in [4.78, 5) is 27.1. The summed E-state index contributed by atoms with van der Waals surface area (Å²) >= 11 is 0. The van der Waals surface area contributed by atoms with Crippen molar-refractivity contribution in [2.24, 2.45) is 5.92 Å². The summed E-state index contributed by atoms with van der Waals surface area (Å²) in [6, 6.07) is 0. The van der Waals surface area contributed by atoms with Crippen LogP contribution in [-0.4, -0.2) is 79.5 Å². The van der Waals surface area contributed by atoms with E-state index in [0.717, 1.165) is 32.7 Å². The number of hydrogen-bond donors (Lipinski definition) is 0. The molecule has 7 nitrogen and oxygen atoms in total. The monoisotopic (exact) mass is 388 g/mol. The molecular weight excluding hydrogens is 348 g/mol. The van der Waals surface area contributed by atoms with Gasteiger partial charge in [-0.3, -0.25) is 4.90 Å². The summed E-state index contributed by atoms with van der Waals surface area (Å²) in [5, 5.41) is 0. The highest BCUT2D eigenvalue weighted by atomic mass is 16.6. The van der Waals surface area contributed by atoms with Crippen molar-refractivity contribution in [1.29, 1.82) is 0 Å². The van der Waals surface area contributed by atoms with Gasteiger partial charge in [0.25, 0.3) is 0 Å². The molecule has 2 heterocycles. The van der Waals surface area contributed by atoms with E-state index in [1.165, 1.54) is 0 Å². The maximum absolute atomic E-state index is 11.8. The summed E-state index contributed by atoms with van der Waals surface area (Å²) in [7, 11) is 0. The van der Waals surface area contributed by atoms with Gasteiger partial charge in [0.05, 0.1) is 12.7 Å². The molecule has 0 spiro atoms. The molecule has 0 aromatic heterocycles. The largest absolute Gasteiger partial charge is 0.464 e. The molecule has 160 valence electrons. The Kier molecular flexibility index (Phi) is 12.3. The zero-order chi connectivity index (χ0) is 21.0. The van der Waals surface area contributed by atoms with Crippen LogP contribution in [-0.2, 0) is 19.0 Å². The van der Waals surface area contributed by atoms with Crippen molar-refractivity contribution in [2.45, 2.75) is 67.1 Å². The molecule has 0 radical (unpaired) electrons. The molecule has 2 aliphatic rings. The van der Waals surface area contributed by atoms with Gasteiger partial charge in [0.2, 0.25) is 0 Å². The van der Waals surface area contributed by atoms with Gasteiger partial charge in [-0.15, -0.1) is 0 Å². The van der Waals surface area contributed by atoms with Gasteiger partial charge in [-0.25, -0.2) is 9.59 Å². The van der Waals surface area contributed by atoms with Gasteiger partial charge in [-0.2, -0.15) is 0 Å². The second kappa shape index (κ2) is 12.9. The molecule has 0 saturated carbocycles. The van der Waals surface area contributed by atoms with Crippen LogP contribution in [0.15, 0.2) is 0 Å². The fourth-order valence-corrected chi connectivity index (χ4v) is 2.69. The predicted molar refractivity (Wildman–Crippen MR) is 107 cm³/mol. The maximum atomic E-state index is 11.8. The van der Waals surface area contributed by atoms with E-state index in [1.807, 2.05) is 48.5 Å². The minimum atomic E-state index is -0.441. The lowest BCUT2D eigenvalue weighted by Crippen LogP contribution is -2.60. The van der Waals surface area contributed by atoms with Crippen molar-refractivity contribution in [1.82, 2.24) is 9.80 Å². The highest BCUT2D eigenvalue weighted by Gasteiger charge is 2.37. The summed E-state index contributed by atoms with van der Waals surface area (Å²) < 4.78 is 15.6. The molecular formula is C20H40N2O5. The number of carbonyl (C=O) groups is 2. The zero-order valence-electron chi connectivity index (χ0n) is 18.5. The van der Waals surface area contributed by atoms with Gasteiger partial charge in [0.15, 0.2) is 0 Å². The third-order valence-electron chi connectivity index (χ3n) is 3.79. The second-order valence-corrected chi connectivity index (χ2v) is 7.21. The molecule has 2 aliphatic heterocycles. The molecule has 2 rings (SSSR count). The van der Waals surface area contributed by atoms with Crippen LogP contribution in [0.1, 0.15) is 55.4 Å². The van der Waals surface area contributed by atoms with Crippen molar-refractivity contribution in [3.8, 4) is 0 Å². The molecule has 0 N–H and O–H groups in total. The Labute approximate surface area is 165 Å². The zero-order valence-corrected chi connectivity index (χ0v) is 18.5. The fraction of sp³-hybridized carbons (Fsp3) is 0.900. The Morgan fingerprint density at radius 2 is 1.56 bits per heavy atom. The van der Waals surface area contributed by atoms with Crippen LogP contribution in [0.25, 0.3) is 0 Å². The Balaban J connectivity index is 0.00000158. The van der Waals surface area contributed by atoms with Crippen LogP contribution >= 0.6 is 0 Å².